The minimum atomic E-state index is -1.29. The standard InChI is InChI=1S/C33H40ClN3O4/c1-23-8-3-11-26(18-23)31-28(13-5-14-29(31)34)33(40,15-7-16-36-32(39)41-2)27-12-6-17-37(22-27)30(38)20-24-9-4-10-25(19-24)21-35/h3-5,8-11,13-14,18-19,27,40H,6-7,12,15-17,20-22,35H2,1-2H3,(H,36,39)/t27-,33+/m1/s1. The highest BCUT2D eigenvalue weighted by molar-refractivity contribution is 6.33. The maximum Gasteiger partial charge on any atom is 0.406 e. The first kappa shape index (κ1) is 30.6. The number of benzene rings is 3. The fourth-order valence-electron chi connectivity index (χ4n) is 5.90. The molecule has 0 radical (unpaired) electrons. The smallest absolute Gasteiger partial charge is 0.406 e. The second-order valence-electron chi connectivity index (χ2n) is 10.9. The average Bonchev–Trinajstić information content (AvgIpc) is 2.99. The van der Waals surface area contributed by atoms with E-state index in [1.54, 1.807) is 0 Å². The number of hydrogen-bond donors (Lipinski definition) is 3. The maximum absolute atomic E-state index is 13.5. The molecule has 0 aliphatic carbocycles. The molecule has 2 atom stereocenters. The number of methoxy groups -OCH3 is 1. The summed E-state index contributed by atoms with van der Waals surface area (Å²) in [5.41, 5.74) is 9.99. The summed E-state index contributed by atoms with van der Waals surface area (Å²) in [4.78, 5) is 27.0. The summed E-state index contributed by atoms with van der Waals surface area (Å²) < 4.78 is 4.71. The summed E-state index contributed by atoms with van der Waals surface area (Å²) in [6, 6.07) is 21.5. The van der Waals surface area contributed by atoms with E-state index in [0.717, 1.165) is 46.2 Å². The molecule has 7 nitrogen and oxygen atoms in total. The summed E-state index contributed by atoms with van der Waals surface area (Å²) in [5.74, 6) is -0.195. The van der Waals surface area contributed by atoms with Gasteiger partial charge in [-0.15, -0.1) is 0 Å². The van der Waals surface area contributed by atoms with Gasteiger partial charge in [0.15, 0.2) is 0 Å². The van der Waals surface area contributed by atoms with E-state index in [9.17, 15) is 14.7 Å². The van der Waals surface area contributed by atoms with Crippen LogP contribution in [0.2, 0.25) is 5.02 Å². The molecule has 1 saturated heterocycles. The van der Waals surface area contributed by atoms with Crippen LogP contribution in [0.25, 0.3) is 11.1 Å². The first-order valence-corrected chi connectivity index (χ1v) is 14.6. The van der Waals surface area contributed by atoms with Gasteiger partial charge in [-0.1, -0.05) is 77.8 Å². The number of nitrogens with two attached hydrogens (primary N) is 1. The van der Waals surface area contributed by atoms with Gasteiger partial charge in [-0.2, -0.15) is 0 Å². The van der Waals surface area contributed by atoms with Crippen LogP contribution in [0.4, 0.5) is 4.79 Å². The zero-order valence-electron chi connectivity index (χ0n) is 23.9. The number of nitrogens with one attached hydrogen (secondary N) is 1. The third-order valence-corrected chi connectivity index (χ3v) is 8.32. The molecule has 0 spiro atoms. The van der Waals surface area contributed by atoms with Gasteiger partial charge in [0.25, 0.3) is 0 Å². The molecule has 2 amide bonds. The third-order valence-electron chi connectivity index (χ3n) is 8.01. The van der Waals surface area contributed by atoms with Crippen molar-refractivity contribution < 1.29 is 19.4 Å². The fraction of sp³-hybridized carbons (Fsp3) is 0.394. The number of piperidine rings is 1. The van der Waals surface area contributed by atoms with Crippen molar-refractivity contribution >= 4 is 23.6 Å². The minimum absolute atomic E-state index is 0.0311. The summed E-state index contributed by atoms with van der Waals surface area (Å²) in [6.07, 6.45) is 2.21. The highest BCUT2D eigenvalue weighted by Crippen LogP contribution is 2.45. The Morgan fingerprint density at radius 1 is 1.12 bits per heavy atom. The molecule has 218 valence electrons. The van der Waals surface area contributed by atoms with Gasteiger partial charge < -0.3 is 25.8 Å². The number of amides is 2. The molecular formula is C33H40ClN3O4. The number of halogens is 1. The van der Waals surface area contributed by atoms with Crippen LogP contribution in [-0.4, -0.2) is 48.8 Å². The van der Waals surface area contributed by atoms with Gasteiger partial charge in [0.1, 0.15) is 0 Å². The van der Waals surface area contributed by atoms with Crippen molar-refractivity contribution in [1.29, 1.82) is 0 Å². The molecule has 0 saturated carbocycles. The Bertz CT molecular complexity index is 1360. The topological polar surface area (TPSA) is 105 Å². The fourth-order valence-corrected chi connectivity index (χ4v) is 6.19. The molecule has 4 N–H and O–H groups in total. The average molecular weight is 578 g/mol. The van der Waals surface area contributed by atoms with Crippen molar-refractivity contribution in [1.82, 2.24) is 10.2 Å². The Morgan fingerprint density at radius 3 is 2.63 bits per heavy atom. The number of aliphatic hydroxyl groups is 1. The number of rotatable bonds is 10. The quantitative estimate of drug-likeness (QED) is 0.273. The number of aryl methyl sites for hydroxylation is 1. The second kappa shape index (κ2) is 14.0. The van der Waals surface area contributed by atoms with Crippen LogP contribution in [0.15, 0.2) is 66.7 Å². The van der Waals surface area contributed by atoms with E-state index in [2.05, 4.69) is 11.4 Å². The number of carbonyl (C=O) groups excluding carboxylic acids is 2. The van der Waals surface area contributed by atoms with Gasteiger partial charge >= 0.3 is 6.09 Å². The van der Waals surface area contributed by atoms with Gasteiger partial charge in [-0.05, 0) is 60.9 Å². The van der Waals surface area contributed by atoms with Crippen LogP contribution in [0, 0.1) is 12.8 Å². The summed E-state index contributed by atoms with van der Waals surface area (Å²) in [6.45, 7) is 3.87. The molecule has 0 aromatic heterocycles. The lowest BCUT2D eigenvalue weighted by molar-refractivity contribution is -0.136. The number of hydrogen-bond acceptors (Lipinski definition) is 5. The Morgan fingerprint density at radius 2 is 1.88 bits per heavy atom. The number of nitrogens with zero attached hydrogens (tertiary/aromatic N) is 1. The Labute approximate surface area is 247 Å². The van der Waals surface area contributed by atoms with Gasteiger partial charge in [0.2, 0.25) is 5.91 Å². The number of likely N-dealkylation sites (tertiary alicyclic amines) is 1. The first-order chi connectivity index (χ1) is 19.7. The highest BCUT2D eigenvalue weighted by atomic mass is 35.5. The Hall–Kier alpha value is -3.39. The van der Waals surface area contributed by atoms with Crippen molar-refractivity contribution in [3.05, 3.63) is 94.0 Å². The van der Waals surface area contributed by atoms with Crippen LogP contribution in [0.3, 0.4) is 0 Å². The molecule has 0 unspecified atom stereocenters. The SMILES string of the molecule is COC(=O)NCCC[C@@](O)(c1cccc(Cl)c1-c1cccc(C)c1)[C@@H]1CCCN(C(=O)Cc2cccc(CN)c2)C1. The molecule has 1 aliphatic heterocycles. The van der Waals surface area contributed by atoms with Gasteiger partial charge in [-0.3, -0.25) is 4.79 Å². The molecule has 8 heteroatoms. The first-order valence-electron chi connectivity index (χ1n) is 14.2. The highest BCUT2D eigenvalue weighted by Gasteiger charge is 2.42. The van der Waals surface area contributed by atoms with Crippen LogP contribution in [0.5, 0.6) is 0 Å². The number of ether oxygens (including phenoxy) is 1. The van der Waals surface area contributed by atoms with Crippen molar-refractivity contribution in [3.63, 3.8) is 0 Å². The van der Waals surface area contributed by atoms with E-state index < -0.39 is 11.7 Å². The predicted octanol–water partition coefficient (Wildman–Crippen LogP) is 5.58. The normalized spacial score (nSPS) is 16.6. The van der Waals surface area contributed by atoms with Crippen LogP contribution < -0.4 is 11.1 Å². The Balaban J connectivity index is 1.65. The molecule has 3 aromatic carbocycles. The summed E-state index contributed by atoms with van der Waals surface area (Å²) in [7, 11) is 1.33. The lowest BCUT2D eigenvalue weighted by Crippen LogP contribution is -2.49. The lowest BCUT2D eigenvalue weighted by atomic mass is 9.72. The van der Waals surface area contributed by atoms with E-state index in [-0.39, 0.29) is 18.2 Å². The van der Waals surface area contributed by atoms with Crippen molar-refractivity contribution in [2.24, 2.45) is 11.7 Å². The van der Waals surface area contributed by atoms with Gasteiger partial charge in [0.05, 0.1) is 19.1 Å². The summed E-state index contributed by atoms with van der Waals surface area (Å²) >= 11 is 6.82. The van der Waals surface area contributed by atoms with E-state index in [1.807, 2.05) is 72.5 Å². The number of carbonyl (C=O) groups is 2. The molecule has 41 heavy (non-hydrogen) atoms. The molecule has 1 aliphatic rings. The van der Waals surface area contributed by atoms with Crippen molar-refractivity contribution in [3.8, 4) is 11.1 Å². The van der Waals surface area contributed by atoms with E-state index >= 15 is 0 Å². The summed E-state index contributed by atoms with van der Waals surface area (Å²) in [5, 5.41) is 15.9. The molecule has 1 heterocycles. The molecule has 3 aromatic rings. The second-order valence-corrected chi connectivity index (χ2v) is 11.3. The van der Waals surface area contributed by atoms with Crippen LogP contribution in [0.1, 0.15) is 47.9 Å². The van der Waals surface area contributed by atoms with Gasteiger partial charge in [0, 0.05) is 42.7 Å². The zero-order chi connectivity index (χ0) is 29.4. The minimum Gasteiger partial charge on any atom is -0.453 e. The molecule has 1 fully saturated rings. The van der Waals surface area contributed by atoms with Crippen molar-refractivity contribution in [2.75, 3.05) is 26.7 Å². The zero-order valence-corrected chi connectivity index (χ0v) is 24.6. The monoisotopic (exact) mass is 577 g/mol. The van der Waals surface area contributed by atoms with Crippen LogP contribution >= 0.6 is 11.6 Å². The largest absolute Gasteiger partial charge is 0.453 e. The van der Waals surface area contributed by atoms with Crippen LogP contribution in [-0.2, 0) is 28.1 Å². The van der Waals surface area contributed by atoms with E-state index in [1.165, 1.54) is 7.11 Å². The molecule has 4 rings (SSSR count). The predicted molar refractivity (Wildman–Crippen MR) is 163 cm³/mol. The van der Waals surface area contributed by atoms with E-state index in [0.29, 0.717) is 44.0 Å². The number of alkyl carbamates (subject to hydrolysis) is 1. The lowest BCUT2D eigenvalue weighted by Gasteiger charge is -2.44. The molecule has 0 bridgehead atoms. The maximum atomic E-state index is 13.5. The Kier molecular flexibility index (Phi) is 10.4. The van der Waals surface area contributed by atoms with Gasteiger partial charge in [-0.25, -0.2) is 4.79 Å². The molecular weight excluding hydrogens is 538 g/mol. The van der Waals surface area contributed by atoms with E-state index in [4.69, 9.17) is 22.1 Å². The van der Waals surface area contributed by atoms with Crippen molar-refractivity contribution in [2.45, 2.75) is 51.2 Å². The third kappa shape index (κ3) is 7.47.